The number of hydrogen-bond donors (Lipinski definition) is 2. The summed E-state index contributed by atoms with van der Waals surface area (Å²) in [6.45, 7) is 3.78. The van der Waals surface area contributed by atoms with Crippen LogP contribution < -0.4 is 0 Å². The van der Waals surface area contributed by atoms with Crippen LogP contribution in [0.3, 0.4) is 0 Å². The van der Waals surface area contributed by atoms with Crippen LogP contribution in [0.4, 0.5) is 0 Å². The molecule has 0 aromatic carbocycles. The number of hydrogen-bond acceptors (Lipinski definition) is 4. The first-order chi connectivity index (χ1) is 7.65. The van der Waals surface area contributed by atoms with Gasteiger partial charge in [0, 0.05) is 0 Å². The standard InChI is InChI=1S/C12H24O4/c1-9(15-13)6-11-4-3-5-12(8-11)7-10(2)16-14/h9-14H,3-8H2,1-2H3. The van der Waals surface area contributed by atoms with Crippen molar-refractivity contribution in [3.05, 3.63) is 0 Å². The first-order valence-corrected chi connectivity index (χ1v) is 6.26. The second-order valence-electron chi connectivity index (χ2n) is 5.20. The lowest BCUT2D eigenvalue weighted by Gasteiger charge is -2.31. The van der Waals surface area contributed by atoms with Gasteiger partial charge in [0.05, 0.1) is 12.2 Å². The minimum atomic E-state index is -0.0738. The van der Waals surface area contributed by atoms with Crippen molar-refractivity contribution in [1.82, 2.24) is 0 Å². The predicted octanol–water partition coefficient (Wildman–Crippen LogP) is 3.33. The van der Waals surface area contributed by atoms with E-state index in [0.717, 1.165) is 19.3 Å². The molecule has 0 saturated heterocycles. The monoisotopic (exact) mass is 232 g/mol. The van der Waals surface area contributed by atoms with Crippen molar-refractivity contribution in [3.63, 3.8) is 0 Å². The fourth-order valence-electron chi connectivity index (χ4n) is 2.86. The van der Waals surface area contributed by atoms with Gasteiger partial charge in [0.25, 0.3) is 0 Å². The summed E-state index contributed by atoms with van der Waals surface area (Å²) in [6.07, 6.45) is 6.51. The van der Waals surface area contributed by atoms with Crippen molar-refractivity contribution < 1.29 is 20.3 Å². The van der Waals surface area contributed by atoms with Gasteiger partial charge in [-0.3, -0.25) is 10.5 Å². The van der Waals surface area contributed by atoms with Crippen molar-refractivity contribution in [1.29, 1.82) is 0 Å². The molecule has 4 nitrogen and oxygen atoms in total. The van der Waals surface area contributed by atoms with Gasteiger partial charge in [-0.1, -0.05) is 19.3 Å². The molecule has 0 aromatic rings. The molecule has 2 N–H and O–H groups in total. The van der Waals surface area contributed by atoms with Gasteiger partial charge in [-0.15, -0.1) is 0 Å². The van der Waals surface area contributed by atoms with Crippen LogP contribution in [-0.2, 0) is 9.78 Å². The van der Waals surface area contributed by atoms with E-state index in [0.29, 0.717) is 11.8 Å². The van der Waals surface area contributed by atoms with Crippen molar-refractivity contribution in [2.75, 3.05) is 0 Å². The molecule has 1 fully saturated rings. The summed E-state index contributed by atoms with van der Waals surface area (Å²) in [4.78, 5) is 8.65. The van der Waals surface area contributed by atoms with Gasteiger partial charge in [0.1, 0.15) is 0 Å². The molecule has 0 heterocycles. The third-order valence-corrected chi connectivity index (χ3v) is 3.58. The Labute approximate surface area is 97.4 Å². The maximum absolute atomic E-state index is 8.56. The van der Waals surface area contributed by atoms with Gasteiger partial charge >= 0.3 is 0 Å². The summed E-state index contributed by atoms with van der Waals surface area (Å²) in [5, 5.41) is 17.1. The molecular formula is C12H24O4. The molecule has 0 radical (unpaired) electrons. The van der Waals surface area contributed by atoms with Crippen molar-refractivity contribution >= 4 is 0 Å². The van der Waals surface area contributed by atoms with E-state index in [1.54, 1.807) is 0 Å². The zero-order valence-corrected chi connectivity index (χ0v) is 10.3. The van der Waals surface area contributed by atoms with E-state index in [1.807, 2.05) is 13.8 Å². The molecule has 0 aromatic heterocycles. The minimum Gasteiger partial charge on any atom is -0.252 e. The van der Waals surface area contributed by atoms with Gasteiger partial charge in [0.15, 0.2) is 0 Å². The number of rotatable bonds is 6. The molecule has 0 bridgehead atoms. The molecule has 96 valence electrons. The highest BCUT2D eigenvalue weighted by Crippen LogP contribution is 2.34. The fraction of sp³-hybridized carbons (Fsp3) is 1.00. The van der Waals surface area contributed by atoms with E-state index in [2.05, 4.69) is 9.78 Å². The summed E-state index contributed by atoms with van der Waals surface area (Å²) in [7, 11) is 0. The van der Waals surface area contributed by atoms with Gasteiger partial charge in [-0.2, -0.15) is 0 Å². The quantitative estimate of drug-likeness (QED) is 0.544. The average molecular weight is 232 g/mol. The van der Waals surface area contributed by atoms with Crippen LogP contribution in [0.15, 0.2) is 0 Å². The Bertz CT molecular complexity index is 168. The maximum Gasteiger partial charge on any atom is 0.0902 e. The lowest BCUT2D eigenvalue weighted by Crippen LogP contribution is -2.23. The molecule has 0 aliphatic heterocycles. The van der Waals surface area contributed by atoms with Crippen LogP contribution in [-0.4, -0.2) is 22.7 Å². The van der Waals surface area contributed by atoms with Crippen molar-refractivity contribution in [2.24, 2.45) is 11.8 Å². The van der Waals surface area contributed by atoms with E-state index in [1.165, 1.54) is 19.3 Å². The van der Waals surface area contributed by atoms with E-state index in [-0.39, 0.29) is 12.2 Å². The van der Waals surface area contributed by atoms with Gasteiger partial charge in [-0.05, 0) is 44.9 Å². The SMILES string of the molecule is CC(CC1CCCC(CC(C)OO)C1)OO. The van der Waals surface area contributed by atoms with Crippen molar-refractivity contribution in [3.8, 4) is 0 Å². The Kier molecular flexibility index (Phi) is 6.28. The average Bonchev–Trinajstić information content (AvgIpc) is 2.29. The zero-order valence-electron chi connectivity index (χ0n) is 10.3. The van der Waals surface area contributed by atoms with E-state index in [9.17, 15) is 0 Å². The molecule has 4 unspecified atom stereocenters. The molecule has 4 heteroatoms. The molecule has 1 aliphatic rings. The summed E-state index contributed by atoms with van der Waals surface area (Å²) in [5.74, 6) is 1.26. The smallest absolute Gasteiger partial charge is 0.0902 e. The second kappa shape index (κ2) is 7.22. The third kappa shape index (κ3) is 4.78. The highest BCUT2D eigenvalue weighted by atomic mass is 17.1. The van der Waals surface area contributed by atoms with Gasteiger partial charge in [0.2, 0.25) is 0 Å². The summed E-state index contributed by atoms with van der Waals surface area (Å²) in [6, 6.07) is 0. The van der Waals surface area contributed by atoms with Crippen LogP contribution in [0, 0.1) is 11.8 Å². The van der Waals surface area contributed by atoms with E-state index >= 15 is 0 Å². The maximum atomic E-state index is 8.56. The Hall–Kier alpha value is -0.160. The Morgan fingerprint density at radius 1 is 1.00 bits per heavy atom. The molecule has 0 amide bonds. The Morgan fingerprint density at radius 3 is 1.81 bits per heavy atom. The van der Waals surface area contributed by atoms with Gasteiger partial charge < -0.3 is 0 Å². The Morgan fingerprint density at radius 2 is 1.44 bits per heavy atom. The summed E-state index contributed by atoms with van der Waals surface area (Å²) in [5.41, 5.74) is 0. The Balaban J connectivity index is 2.29. The highest BCUT2D eigenvalue weighted by molar-refractivity contribution is 4.76. The fourth-order valence-corrected chi connectivity index (χ4v) is 2.86. The largest absolute Gasteiger partial charge is 0.252 e. The van der Waals surface area contributed by atoms with Crippen LogP contribution in [0.25, 0.3) is 0 Å². The first kappa shape index (κ1) is 13.9. The molecular weight excluding hydrogens is 208 g/mol. The lowest BCUT2D eigenvalue weighted by molar-refractivity contribution is -0.279. The molecule has 1 rings (SSSR count). The first-order valence-electron chi connectivity index (χ1n) is 6.26. The molecule has 4 atom stereocenters. The molecule has 1 saturated carbocycles. The highest BCUT2D eigenvalue weighted by Gasteiger charge is 2.25. The normalized spacial score (nSPS) is 30.0. The molecule has 16 heavy (non-hydrogen) atoms. The predicted molar refractivity (Wildman–Crippen MR) is 61.0 cm³/mol. The zero-order chi connectivity index (χ0) is 12.0. The third-order valence-electron chi connectivity index (χ3n) is 3.58. The van der Waals surface area contributed by atoms with Crippen LogP contribution in [0.2, 0.25) is 0 Å². The second-order valence-corrected chi connectivity index (χ2v) is 5.20. The topological polar surface area (TPSA) is 58.9 Å². The minimum absolute atomic E-state index is 0.0738. The molecule has 1 aliphatic carbocycles. The van der Waals surface area contributed by atoms with E-state index in [4.69, 9.17) is 10.5 Å². The summed E-state index contributed by atoms with van der Waals surface area (Å²) < 4.78 is 0. The van der Waals surface area contributed by atoms with Crippen LogP contribution in [0.5, 0.6) is 0 Å². The molecule has 0 spiro atoms. The summed E-state index contributed by atoms with van der Waals surface area (Å²) >= 11 is 0. The van der Waals surface area contributed by atoms with Crippen LogP contribution >= 0.6 is 0 Å². The van der Waals surface area contributed by atoms with Gasteiger partial charge in [-0.25, -0.2) is 9.78 Å². The van der Waals surface area contributed by atoms with Crippen molar-refractivity contribution in [2.45, 2.75) is 64.6 Å². The van der Waals surface area contributed by atoms with E-state index < -0.39 is 0 Å². The lowest BCUT2D eigenvalue weighted by atomic mass is 9.77. The van der Waals surface area contributed by atoms with Crippen LogP contribution in [0.1, 0.15) is 52.4 Å².